The Bertz CT molecular complexity index is 871. The second-order valence-corrected chi connectivity index (χ2v) is 8.06. The maximum absolute atomic E-state index is 12.8. The van der Waals surface area contributed by atoms with E-state index in [1.165, 1.54) is 4.31 Å². The minimum absolute atomic E-state index is 0.149. The number of rotatable bonds is 3. The zero-order valence-corrected chi connectivity index (χ0v) is 14.5. The second kappa shape index (κ2) is 6.38. The van der Waals surface area contributed by atoms with Gasteiger partial charge in [-0.05, 0) is 37.8 Å². The van der Waals surface area contributed by atoms with Crippen LogP contribution in [0.2, 0.25) is 0 Å². The largest absolute Gasteiger partial charge is 0.422 e. The molecule has 0 bridgehead atoms. The van der Waals surface area contributed by atoms with Gasteiger partial charge in [0.1, 0.15) is 6.07 Å². The molecule has 0 aliphatic carbocycles. The average Bonchev–Trinajstić information content (AvgIpc) is 3.01. The summed E-state index contributed by atoms with van der Waals surface area (Å²) in [6.45, 7) is 4.94. The van der Waals surface area contributed by atoms with E-state index in [0.717, 1.165) is 18.4 Å². The number of sulfonamides is 1. The van der Waals surface area contributed by atoms with Crippen molar-refractivity contribution in [2.45, 2.75) is 31.8 Å². The zero-order chi connectivity index (χ0) is 17.3. The van der Waals surface area contributed by atoms with Crippen LogP contribution in [0.1, 0.15) is 31.0 Å². The minimum atomic E-state index is -3.84. The highest BCUT2D eigenvalue weighted by molar-refractivity contribution is 7.89. The van der Waals surface area contributed by atoms with Crippen LogP contribution in [0, 0.1) is 24.2 Å². The summed E-state index contributed by atoms with van der Waals surface area (Å²) in [7, 11) is -3.84. The number of benzene rings is 1. The van der Waals surface area contributed by atoms with Gasteiger partial charge in [0, 0.05) is 18.7 Å². The molecule has 24 heavy (non-hydrogen) atoms. The van der Waals surface area contributed by atoms with Gasteiger partial charge in [-0.25, -0.2) is 8.42 Å². The highest BCUT2D eigenvalue weighted by Crippen LogP contribution is 2.29. The van der Waals surface area contributed by atoms with Gasteiger partial charge >= 0.3 is 0 Å². The van der Waals surface area contributed by atoms with Crippen LogP contribution < -0.4 is 0 Å². The van der Waals surface area contributed by atoms with Crippen molar-refractivity contribution in [1.82, 2.24) is 9.29 Å². The Balaban J connectivity index is 1.98. The number of hydrogen-bond donors (Lipinski definition) is 0. The van der Waals surface area contributed by atoms with Gasteiger partial charge in [-0.15, -0.1) is 0 Å². The first-order chi connectivity index (χ1) is 11.4. The van der Waals surface area contributed by atoms with Crippen LogP contribution in [0.3, 0.4) is 0 Å². The summed E-state index contributed by atoms with van der Waals surface area (Å²) >= 11 is 0. The molecular weight excluding hydrogens is 326 g/mol. The molecular formula is C17H19N3O3S. The van der Waals surface area contributed by atoms with Crippen molar-refractivity contribution in [2.75, 3.05) is 13.1 Å². The van der Waals surface area contributed by atoms with Crippen molar-refractivity contribution in [1.29, 1.82) is 5.26 Å². The number of aryl methyl sites for hydroxylation is 1. The van der Waals surface area contributed by atoms with E-state index in [-0.39, 0.29) is 16.7 Å². The Kier molecular flexibility index (Phi) is 4.43. The Morgan fingerprint density at radius 1 is 1.25 bits per heavy atom. The van der Waals surface area contributed by atoms with E-state index >= 15 is 0 Å². The first-order valence-corrected chi connectivity index (χ1v) is 9.34. The molecule has 2 heterocycles. The summed E-state index contributed by atoms with van der Waals surface area (Å²) in [4.78, 5) is 4.07. The van der Waals surface area contributed by atoms with E-state index in [1.807, 2.05) is 25.1 Å². The van der Waals surface area contributed by atoms with Crippen LogP contribution in [0.4, 0.5) is 0 Å². The molecule has 2 aromatic rings. The molecule has 0 radical (unpaired) electrons. The fourth-order valence-electron chi connectivity index (χ4n) is 2.71. The normalized spacial score (nSPS) is 16.9. The highest BCUT2D eigenvalue weighted by atomic mass is 32.2. The van der Waals surface area contributed by atoms with Crippen molar-refractivity contribution in [2.24, 2.45) is 5.92 Å². The van der Waals surface area contributed by atoms with E-state index < -0.39 is 10.0 Å². The lowest BCUT2D eigenvalue weighted by atomic mass is 10.0. The lowest BCUT2D eigenvalue weighted by Crippen LogP contribution is -2.38. The molecule has 3 rings (SSSR count). The van der Waals surface area contributed by atoms with Crippen molar-refractivity contribution < 1.29 is 12.8 Å². The molecule has 1 aromatic heterocycles. The molecule has 1 aliphatic rings. The maximum atomic E-state index is 12.8. The summed E-state index contributed by atoms with van der Waals surface area (Å²) in [6.07, 6.45) is 1.61. The fourth-order valence-corrected chi connectivity index (χ4v) is 4.16. The lowest BCUT2D eigenvalue weighted by molar-refractivity contribution is 0.281. The predicted molar refractivity (Wildman–Crippen MR) is 88.5 cm³/mol. The molecule has 1 fully saturated rings. The van der Waals surface area contributed by atoms with Gasteiger partial charge in [-0.3, -0.25) is 0 Å². The molecule has 1 saturated heterocycles. The molecule has 6 nitrogen and oxygen atoms in total. The molecule has 126 valence electrons. The predicted octanol–water partition coefficient (Wildman–Crippen LogP) is 2.94. The van der Waals surface area contributed by atoms with Gasteiger partial charge < -0.3 is 4.42 Å². The first kappa shape index (κ1) is 16.7. The van der Waals surface area contributed by atoms with Gasteiger partial charge in [0.05, 0.1) is 0 Å². The summed E-state index contributed by atoms with van der Waals surface area (Å²) in [6, 6.07) is 9.19. The summed E-state index contributed by atoms with van der Waals surface area (Å²) in [5.74, 6) is 0.653. The topological polar surface area (TPSA) is 87.2 Å². The third-order valence-corrected chi connectivity index (χ3v) is 6.11. The molecule has 1 aliphatic heterocycles. The monoisotopic (exact) mass is 345 g/mol. The highest BCUT2D eigenvalue weighted by Gasteiger charge is 2.34. The number of nitriles is 1. The van der Waals surface area contributed by atoms with E-state index in [0.29, 0.717) is 24.6 Å². The Hall–Kier alpha value is -2.17. The van der Waals surface area contributed by atoms with E-state index in [2.05, 4.69) is 11.9 Å². The minimum Gasteiger partial charge on any atom is -0.422 e. The number of oxazole rings is 1. The Morgan fingerprint density at radius 3 is 2.46 bits per heavy atom. The standard InChI is InChI=1S/C17H19N3O3S/c1-12-3-5-14(6-4-12)16-19-15(11-18)17(23-16)24(21,22)20-9-7-13(2)8-10-20/h3-6,13H,7-10H2,1-2H3. The third kappa shape index (κ3) is 3.07. The number of nitrogens with zero attached hydrogens (tertiary/aromatic N) is 3. The number of aromatic nitrogens is 1. The van der Waals surface area contributed by atoms with Crippen LogP contribution in [0.25, 0.3) is 11.5 Å². The molecule has 0 atom stereocenters. The number of hydrogen-bond acceptors (Lipinski definition) is 5. The van der Waals surface area contributed by atoms with Crippen LogP contribution in [0.5, 0.6) is 0 Å². The van der Waals surface area contributed by atoms with E-state index in [4.69, 9.17) is 4.42 Å². The number of piperidine rings is 1. The fraction of sp³-hybridized carbons (Fsp3) is 0.412. The molecule has 0 unspecified atom stereocenters. The average molecular weight is 345 g/mol. The van der Waals surface area contributed by atoms with Crippen molar-refractivity contribution in [3.63, 3.8) is 0 Å². The van der Waals surface area contributed by atoms with Gasteiger partial charge in [-0.1, -0.05) is 24.6 Å². The van der Waals surface area contributed by atoms with Gasteiger partial charge in [-0.2, -0.15) is 14.6 Å². The van der Waals surface area contributed by atoms with Gasteiger partial charge in [0.15, 0.2) is 5.69 Å². The smallest absolute Gasteiger partial charge is 0.279 e. The van der Waals surface area contributed by atoms with Crippen molar-refractivity contribution in [3.8, 4) is 17.5 Å². The summed E-state index contributed by atoms with van der Waals surface area (Å²) < 4.78 is 32.5. The van der Waals surface area contributed by atoms with Crippen LogP contribution in [-0.4, -0.2) is 30.8 Å². The van der Waals surface area contributed by atoms with E-state index in [9.17, 15) is 13.7 Å². The van der Waals surface area contributed by atoms with Crippen molar-refractivity contribution in [3.05, 3.63) is 35.5 Å². The van der Waals surface area contributed by atoms with E-state index in [1.54, 1.807) is 12.1 Å². The molecule has 1 aromatic carbocycles. The second-order valence-electron chi connectivity index (χ2n) is 6.22. The van der Waals surface area contributed by atoms with Gasteiger partial charge in [0.25, 0.3) is 15.1 Å². The molecule has 0 spiro atoms. The zero-order valence-electron chi connectivity index (χ0n) is 13.7. The summed E-state index contributed by atoms with van der Waals surface area (Å²) in [5, 5.41) is 8.92. The quantitative estimate of drug-likeness (QED) is 0.853. The van der Waals surface area contributed by atoms with Crippen LogP contribution in [0.15, 0.2) is 33.8 Å². The Labute approximate surface area is 141 Å². The first-order valence-electron chi connectivity index (χ1n) is 7.90. The molecule has 0 amide bonds. The summed E-state index contributed by atoms with van der Waals surface area (Å²) in [5.41, 5.74) is 1.52. The Morgan fingerprint density at radius 2 is 1.88 bits per heavy atom. The maximum Gasteiger partial charge on any atom is 0.279 e. The molecule has 0 saturated carbocycles. The molecule has 7 heteroatoms. The third-order valence-electron chi connectivity index (χ3n) is 4.32. The van der Waals surface area contributed by atoms with Crippen LogP contribution >= 0.6 is 0 Å². The van der Waals surface area contributed by atoms with Crippen LogP contribution in [-0.2, 0) is 10.0 Å². The SMILES string of the molecule is Cc1ccc(-c2nc(C#N)c(S(=O)(=O)N3CCC(C)CC3)o2)cc1. The lowest BCUT2D eigenvalue weighted by Gasteiger charge is -2.28. The van der Waals surface area contributed by atoms with Gasteiger partial charge in [0.2, 0.25) is 5.89 Å². The molecule has 0 N–H and O–H groups in total. The van der Waals surface area contributed by atoms with Crippen molar-refractivity contribution >= 4 is 10.0 Å².